The first-order valence-electron chi connectivity index (χ1n) is 13.4. The summed E-state index contributed by atoms with van der Waals surface area (Å²) in [5, 5.41) is 7.78. The molecule has 0 spiro atoms. The molecule has 5 nitrogen and oxygen atoms in total. The van der Waals surface area contributed by atoms with Crippen LogP contribution in [0.3, 0.4) is 0 Å². The molecule has 6 rings (SSSR count). The summed E-state index contributed by atoms with van der Waals surface area (Å²) in [4.78, 5) is 22.9. The Morgan fingerprint density at radius 3 is 1.20 bits per heavy atom. The summed E-state index contributed by atoms with van der Waals surface area (Å²) in [7, 11) is -4.89. The van der Waals surface area contributed by atoms with Crippen LogP contribution in [0.25, 0.3) is 32.3 Å². The van der Waals surface area contributed by atoms with Crippen LogP contribution in [0.2, 0.25) is 0 Å². The van der Waals surface area contributed by atoms with Crippen LogP contribution in [0.15, 0.2) is 127 Å². The fourth-order valence-electron chi connectivity index (χ4n) is 5.77. The number of quaternary nitrogens is 1. The van der Waals surface area contributed by atoms with Crippen molar-refractivity contribution in [3.63, 3.8) is 0 Å². The van der Waals surface area contributed by atoms with Crippen LogP contribution in [0.1, 0.15) is 19.8 Å². The van der Waals surface area contributed by atoms with E-state index in [1.807, 2.05) is 0 Å². The number of benzene rings is 6. The summed E-state index contributed by atoms with van der Waals surface area (Å²) in [6.07, 6.45) is 2.26. The van der Waals surface area contributed by atoms with Gasteiger partial charge in [0.05, 0.1) is 6.54 Å². The lowest BCUT2D eigenvalue weighted by Crippen LogP contribution is -2.40. The van der Waals surface area contributed by atoms with Crippen molar-refractivity contribution >= 4 is 57.2 Å². The van der Waals surface area contributed by atoms with Gasteiger partial charge in [-0.1, -0.05) is 104 Å². The summed E-state index contributed by atoms with van der Waals surface area (Å²) in [5.41, 5.74) is 4.01. The van der Waals surface area contributed by atoms with E-state index in [4.69, 9.17) is 19.2 Å². The Hall–Kier alpha value is -3.83. The third kappa shape index (κ3) is 5.57. The normalized spacial score (nSPS) is 11.9. The zero-order valence-corrected chi connectivity index (χ0v) is 23.2. The molecule has 0 saturated carbocycles. The van der Waals surface area contributed by atoms with E-state index in [0.717, 1.165) is 19.4 Å². The maximum atomic E-state index is 8.77. The highest BCUT2D eigenvalue weighted by molar-refractivity contribution is 7.43. The summed E-state index contributed by atoms with van der Waals surface area (Å²) >= 11 is 0. The fraction of sp³-hybridized carbons (Fsp3) is 0.118. The lowest BCUT2D eigenvalue weighted by molar-refractivity contribution is -0.214. The highest BCUT2D eigenvalue weighted by Gasteiger charge is 2.39. The van der Waals surface area contributed by atoms with Gasteiger partial charge in [-0.25, -0.2) is 4.48 Å². The number of fused-ring (bicyclic) bond motifs is 3. The smallest absolute Gasteiger partial charge is 0.262 e. The Bertz CT molecular complexity index is 1610. The van der Waals surface area contributed by atoms with Crippen molar-refractivity contribution in [2.75, 3.05) is 6.54 Å². The Labute approximate surface area is 234 Å². The van der Waals surface area contributed by atoms with E-state index in [0.29, 0.717) is 4.48 Å². The molecule has 0 bridgehead atoms. The monoisotopic (exact) mass is 549 g/mol. The molecule has 202 valence electrons. The minimum Gasteiger partial charge on any atom is -0.756 e. The Balaban J connectivity index is 0.000000595. The van der Waals surface area contributed by atoms with Crippen molar-refractivity contribution in [2.45, 2.75) is 19.8 Å². The molecule has 0 radical (unpaired) electrons. The van der Waals surface area contributed by atoms with E-state index in [1.165, 1.54) is 49.4 Å². The molecule has 0 atom stereocenters. The molecule has 0 aromatic heterocycles. The second-order valence-corrected chi connectivity index (χ2v) is 10.9. The molecule has 0 heterocycles. The molecule has 0 aliphatic heterocycles. The lowest BCUT2D eigenvalue weighted by atomic mass is 9.97. The number of unbranched alkanes of at least 4 members (excludes halogenated alkanes) is 1. The van der Waals surface area contributed by atoms with Crippen molar-refractivity contribution < 1.29 is 19.2 Å². The lowest BCUT2D eigenvalue weighted by Gasteiger charge is -2.39. The number of hydrogen-bond donors (Lipinski definition) is 2. The molecule has 40 heavy (non-hydrogen) atoms. The first-order valence-corrected chi connectivity index (χ1v) is 15.0. The van der Waals surface area contributed by atoms with Gasteiger partial charge in [0.1, 0.15) is 0 Å². The molecule has 0 aliphatic carbocycles. The van der Waals surface area contributed by atoms with Crippen LogP contribution in [-0.4, -0.2) is 16.3 Å². The minimum absolute atomic E-state index is 0.692. The van der Waals surface area contributed by atoms with E-state index in [-0.39, 0.29) is 0 Å². The molecule has 0 aliphatic rings. The van der Waals surface area contributed by atoms with Crippen molar-refractivity contribution in [3.8, 4) is 0 Å². The largest absolute Gasteiger partial charge is 0.756 e. The van der Waals surface area contributed by atoms with Crippen molar-refractivity contribution in [3.05, 3.63) is 127 Å². The second-order valence-electron chi connectivity index (χ2n) is 9.87. The van der Waals surface area contributed by atoms with Gasteiger partial charge in [-0.2, -0.15) is 0 Å². The van der Waals surface area contributed by atoms with Gasteiger partial charge in [0, 0.05) is 34.4 Å². The van der Waals surface area contributed by atoms with Crippen LogP contribution in [-0.2, 0) is 4.57 Å². The summed E-state index contributed by atoms with van der Waals surface area (Å²) in [5.74, 6) is 0. The minimum atomic E-state index is -4.89. The Morgan fingerprint density at radius 1 is 0.575 bits per heavy atom. The van der Waals surface area contributed by atoms with Crippen molar-refractivity contribution in [1.29, 1.82) is 0 Å². The highest BCUT2D eigenvalue weighted by Crippen LogP contribution is 2.51. The number of nitrogens with zero attached hydrogens (tertiary/aromatic N) is 1. The number of rotatable bonds is 6. The van der Waals surface area contributed by atoms with Crippen LogP contribution in [0.4, 0.5) is 17.1 Å². The average Bonchev–Trinajstić information content (AvgIpc) is 2.97. The van der Waals surface area contributed by atoms with Gasteiger partial charge in [-0.05, 0) is 40.8 Å². The Morgan fingerprint density at radius 2 is 0.875 bits per heavy atom. The fourth-order valence-corrected chi connectivity index (χ4v) is 5.77. The van der Waals surface area contributed by atoms with Gasteiger partial charge in [-0.15, -0.1) is 0 Å². The molecule has 0 fully saturated rings. The number of phosphoric acid groups is 1. The van der Waals surface area contributed by atoms with E-state index in [1.54, 1.807) is 0 Å². The van der Waals surface area contributed by atoms with Crippen LogP contribution in [0, 0.1) is 0 Å². The summed E-state index contributed by atoms with van der Waals surface area (Å²) in [6, 6.07) is 47.0. The maximum absolute atomic E-state index is 8.77. The molecular formula is C34H32NO4P. The number of hydrogen-bond acceptors (Lipinski definition) is 2. The van der Waals surface area contributed by atoms with Crippen LogP contribution in [0.5, 0.6) is 0 Å². The molecule has 2 N–H and O–H groups in total. The second kappa shape index (κ2) is 11.7. The third-order valence-electron chi connectivity index (χ3n) is 7.38. The van der Waals surface area contributed by atoms with E-state index in [2.05, 4.69) is 134 Å². The average molecular weight is 550 g/mol. The third-order valence-corrected chi connectivity index (χ3v) is 7.38. The summed E-state index contributed by atoms with van der Waals surface area (Å²) in [6.45, 7) is 3.29. The molecule has 6 heteroatoms. The van der Waals surface area contributed by atoms with E-state index >= 15 is 0 Å². The first kappa shape index (κ1) is 27.7. The van der Waals surface area contributed by atoms with Gasteiger partial charge < -0.3 is 14.7 Å². The van der Waals surface area contributed by atoms with Gasteiger partial charge in [0.25, 0.3) is 7.82 Å². The van der Waals surface area contributed by atoms with Gasteiger partial charge >= 0.3 is 0 Å². The topological polar surface area (TPSA) is 80.6 Å². The van der Waals surface area contributed by atoms with E-state index in [9.17, 15) is 0 Å². The predicted molar refractivity (Wildman–Crippen MR) is 165 cm³/mol. The maximum Gasteiger partial charge on any atom is 0.262 e. The van der Waals surface area contributed by atoms with Crippen molar-refractivity contribution in [1.82, 2.24) is 4.48 Å². The zero-order chi connectivity index (χ0) is 28.2. The van der Waals surface area contributed by atoms with Gasteiger partial charge in [0.2, 0.25) is 0 Å². The van der Waals surface area contributed by atoms with E-state index < -0.39 is 7.82 Å². The molecule has 6 aromatic rings. The molecular weight excluding hydrogens is 517 g/mol. The molecule has 0 saturated heterocycles. The Kier molecular flexibility index (Phi) is 8.13. The molecule has 0 amide bonds. The van der Waals surface area contributed by atoms with Crippen LogP contribution >= 0.6 is 7.82 Å². The molecule has 0 unspecified atom stereocenters. The SMILES string of the molecule is CCCC[N+](c1cccc2ccccc12)(c1cccc2ccccc12)c1cccc2ccccc12.O=P([O-])(O)O. The summed E-state index contributed by atoms with van der Waals surface area (Å²) < 4.78 is 9.46. The quantitative estimate of drug-likeness (QED) is 0.162. The standard InChI is InChI=1S/C34H30N.H3O4P/c1-2-3-25-35(32-22-10-16-26-13-4-7-19-29(26)32,33-23-11-17-27-14-5-8-20-30(27)33)34-24-12-18-28-15-6-9-21-31(28)34;1-5(2,3)4/h4-24H,2-3,25H2,1H3;(H3,1,2,3,4)/q+1;/p-1. The van der Waals surface area contributed by atoms with Crippen LogP contribution < -0.4 is 9.38 Å². The van der Waals surface area contributed by atoms with Gasteiger partial charge in [0.15, 0.2) is 17.1 Å². The first-order chi connectivity index (χ1) is 19.3. The zero-order valence-electron chi connectivity index (χ0n) is 22.4. The molecule has 6 aromatic carbocycles. The predicted octanol–water partition coefficient (Wildman–Crippen LogP) is 8.36. The highest BCUT2D eigenvalue weighted by atomic mass is 31.2. The van der Waals surface area contributed by atoms with Gasteiger partial charge in [-0.3, -0.25) is 4.57 Å². The van der Waals surface area contributed by atoms with Crippen molar-refractivity contribution in [2.24, 2.45) is 0 Å².